The third kappa shape index (κ3) is 2.74. The van der Waals surface area contributed by atoms with Gasteiger partial charge in [0, 0.05) is 16.7 Å². The molecule has 0 saturated heterocycles. The highest BCUT2D eigenvalue weighted by molar-refractivity contribution is 6.10. The molecule has 2 atom stereocenters. The number of nitrogens with zero attached hydrogens (tertiary/aromatic N) is 3. The van der Waals surface area contributed by atoms with Gasteiger partial charge in [-0.05, 0) is 18.2 Å². The highest BCUT2D eigenvalue weighted by Crippen LogP contribution is 2.44. The number of rotatable bonds is 4. The Bertz CT molecular complexity index is 1050. The molecule has 6 nitrogen and oxygen atoms in total. The second-order valence-electron chi connectivity index (χ2n) is 6.16. The van der Waals surface area contributed by atoms with Crippen LogP contribution in [0.3, 0.4) is 0 Å². The van der Waals surface area contributed by atoms with Gasteiger partial charge in [-0.15, -0.1) is 0 Å². The summed E-state index contributed by atoms with van der Waals surface area (Å²) in [5.74, 6) is 1.84. The Hall–Kier alpha value is -3.59. The third-order valence-corrected chi connectivity index (χ3v) is 4.81. The van der Waals surface area contributed by atoms with Crippen LogP contribution in [0.5, 0.6) is 11.5 Å². The zero-order valence-electron chi connectivity index (χ0n) is 15.0. The number of aromatic nitrogens is 2. The van der Waals surface area contributed by atoms with Crippen molar-refractivity contribution in [2.75, 3.05) is 14.2 Å². The van der Waals surface area contributed by atoms with Crippen LogP contribution in [0.2, 0.25) is 0 Å². The van der Waals surface area contributed by atoms with Crippen molar-refractivity contribution in [1.29, 1.82) is 0 Å². The number of benzene rings is 2. The first-order valence-electron chi connectivity index (χ1n) is 8.53. The van der Waals surface area contributed by atoms with Crippen molar-refractivity contribution in [2.24, 2.45) is 4.99 Å². The van der Waals surface area contributed by atoms with Gasteiger partial charge < -0.3 is 14.3 Å². The molecule has 2 aromatic carbocycles. The molecule has 27 heavy (non-hydrogen) atoms. The van der Waals surface area contributed by atoms with Crippen molar-refractivity contribution < 1.29 is 9.47 Å². The van der Waals surface area contributed by atoms with Crippen LogP contribution in [0.15, 0.2) is 59.7 Å². The minimum atomic E-state index is -0.525. The highest BCUT2D eigenvalue weighted by atomic mass is 16.5. The van der Waals surface area contributed by atoms with Gasteiger partial charge >= 0.3 is 0 Å². The van der Waals surface area contributed by atoms with E-state index in [1.165, 1.54) is 0 Å². The van der Waals surface area contributed by atoms with Crippen LogP contribution >= 0.6 is 0 Å². The average molecular weight is 358 g/mol. The van der Waals surface area contributed by atoms with Crippen LogP contribution in [-0.2, 0) is 0 Å². The molecule has 0 spiro atoms. The number of ether oxygens (including phenoxy) is 2. The molecule has 1 aliphatic heterocycles. The van der Waals surface area contributed by atoms with Crippen molar-refractivity contribution >= 4 is 11.5 Å². The first kappa shape index (κ1) is 16.9. The summed E-state index contributed by atoms with van der Waals surface area (Å²) in [5, 5.41) is 7.12. The molecule has 0 bridgehead atoms. The van der Waals surface area contributed by atoms with E-state index in [-0.39, 0.29) is 5.92 Å². The second kappa shape index (κ2) is 6.96. The quantitative estimate of drug-likeness (QED) is 0.718. The van der Waals surface area contributed by atoms with E-state index in [0.29, 0.717) is 17.3 Å². The lowest BCUT2D eigenvalue weighted by atomic mass is 9.80. The minimum absolute atomic E-state index is 0.246. The predicted octanol–water partition coefficient (Wildman–Crippen LogP) is 3.98. The standard InChI is InChI=1S/C21H18N4O2/c1-22-20-18(13-8-4-6-10-16(13)26-2)15-12-23-25-21(15)24-19(20)14-9-5-7-11-17(14)27-3/h4-12,18,20H,2-3H3,(H,23,25). The molecule has 0 radical (unpaired) electrons. The lowest BCUT2D eigenvalue weighted by Gasteiger charge is -2.25. The molecule has 0 amide bonds. The number of hydrogen-bond acceptors (Lipinski definition) is 4. The first-order valence-corrected chi connectivity index (χ1v) is 8.53. The molecule has 1 aromatic heterocycles. The first-order chi connectivity index (χ1) is 13.3. The van der Waals surface area contributed by atoms with Gasteiger partial charge in [0.2, 0.25) is 0 Å². The third-order valence-electron chi connectivity index (χ3n) is 4.81. The number of H-pyrrole nitrogens is 1. The molecule has 1 aliphatic rings. The number of methoxy groups -OCH3 is 2. The molecule has 2 heterocycles. The van der Waals surface area contributed by atoms with E-state index in [9.17, 15) is 0 Å². The molecule has 3 aromatic rings. The van der Waals surface area contributed by atoms with E-state index in [1.807, 2.05) is 48.5 Å². The van der Waals surface area contributed by atoms with Crippen molar-refractivity contribution in [3.63, 3.8) is 0 Å². The van der Waals surface area contributed by atoms with E-state index in [4.69, 9.17) is 21.0 Å². The molecular formula is C21H18N4O2. The van der Waals surface area contributed by atoms with Crippen molar-refractivity contribution in [3.8, 4) is 11.5 Å². The fourth-order valence-corrected chi connectivity index (χ4v) is 3.59. The van der Waals surface area contributed by atoms with E-state index in [2.05, 4.69) is 15.0 Å². The summed E-state index contributed by atoms with van der Waals surface area (Å²) >= 11 is 0. The van der Waals surface area contributed by atoms with Crippen molar-refractivity contribution in [3.05, 3.63) is 82.8 Å². The van der Waals surface area contributed by atoms with Gasteiger partial charge in [-0.2, -0.15) is 5.10 Å². The van der Waals surface area contributed by atoms with Crippen LogP contribution < -0.4 is 9.47 Å². The lowest BCUT2D eigenvalue weighted by Crippen LogP contribution is -2.30. The fraction of sp³-hybridized carbons (Fsp3) is 0.190. The van der Waals surface area contributed by atoms with E-state index in [0.717, 1.165) is 22.4 Å². The molecule has 134 valence electrons. The Balaban J connectivity index is 1.95. The predicted molar refractivity (Wildman–Crippen MR) is 103 cm³/mol. The Kier molecular flexibility index (Phi) is 4.35. The van der Waals surface area contributed by atoms with Crippen LogP contribution in [-0.4, -0.2) is 36.2 Å². The SMILES string of the molecule is [C-]#[N+]C1C(c2ccccc2OC)=Nc2[nH]ncc2C1c1ccccc1OC. The van der Waals surface area contributed by atoms with Crippen molar-refractivity contribution in [1.82, 2.24) is 10.2 Å². The molecule has 6 heteroatoms. The van der Waals surface area contributed by atoms with Gasteiger partial charge in [-0.3, -0.25) is 5.10 Å². The van der Waals surface area contributed by atoms with Crippen LogP contribution in [0.25, 0.3) is 4.85 Å². The number of aliphatic imine (C=N–C) groups is 1. The summed E-state index contributed by atoms with van der Waals surface area (Å²) in [4.78, 5) is 8.69. The van der Waals surface area contributed by atoms with E-state index in [1.54, 1.807) is 20.4 Å². The fourth-order valence-electron chi connectivity index (χ4n) is 3.59. The van der Waals surface area contributed by atoms with Crippen LogP contribution in [0.4, 0.5) is 5.82 Å². The van der Waals surface area contributed by atoms with Gasteiger partial charge in [0.25, 0.3) is 6.04 Å². The Morgan fingerprint density at radius 3 is 2.41 bits per heavy atom. The Morgan fingerprint density at radius 1 is 0.963 bits per heavy atom. The normalized spacial score (nSPS) is 18.2. The molecule has 4 rings (SSSR count). The van der Waals surface area contributed by atoms with Crippen LogP contribution in [0.1, 0.15) is 22.6 Å². The largest absolute Gasteiger partial charge is 0.496 e. The molecule has 0 aliphatic carbocycles. The number of fused-ring (bicyclic) bond motifs is 1. The average Bonchev–Trinajstić information content (AvgIpc) is 3.20. The molecule has 0 saturated carbocycles. The highest BCUT2D eigenvalue weighted by Gasteiger charge is 2.43. The molecule has 1 N–H and O–H groups in total. The Labute approximate surface area is 157 Å². The van der Waals surface area contributed by atoms with Gasteiger partial charge in [-0.1, -0.05) is 30.3 Å². The second-order valence-corrected chi connectivity index (χ2v) is 6.16. The minimum Gasteiger partial charge on any atom is -0.496 e. The monoisotopic (exact) mass is 358 g/mol. The zero-order valence-corrected chi connectivity index (χ0v) is 15.0. The maximum absolute atomic E-state index is 7.94. The smallest absolute Gasteiger partial charge is 0.277 e. The van der Waals surface area contributed by atoms with Gasteiger partial charge in [0.1, 0.15) is 17.2 Å². The van der Waals surface area contributed by atoms with Gasteiger partial charge in [0.15, 0.2) is 5.82 Å². The summed E-state index contributed by atoms with van der Waals surface area (Å²) in [5.41, 5.74) is 3.29. The molecule has 2 unspecified atom stereocenters. The van der Waals surface area contributed by atoms with Gasteiger partial charge in [0.05, 0.1) is 26.3 Å². The number of aromatic amines is 1. The topological polar surface area (TPSA) is 63.9 Å². The summed E-state index contributed by atoms with van der Waals surface area (Å²) < 4.78 is 11.1. The number of nitrogens with one attached hydrogen (secondary N) is 1. The molecule has 0 fully saturated rings. The van der Waals surface area contributed by atoms with Gasteiger partial charge in [-0.25, -0.2) is 11.6 Å². The number of para-hydroxylation sites is 2. The van der Waals surface area contributed by atoms with E-state index < -0.39 is 6.04 Å². The molecular weight excluding hydrogens is 340 g/mol. The maximum atomic E-state index is 7.94. The summed E-state index contributed by atoms with van der Waals surface area (Å²) in [7, 11) is 3.26. The van der Waals surface area contributed by atoms with E-state index >= 15 is 0 Å². The van der Waals surface area contributed by atoms with Crippen LogP contribution in [0, 0.1) is 6.57 Å². The Morgan fingerprint density at radius 2 is 1.67 bits per heavy atom. The maximum Gasteiger partial charge on any atom is 0.277 e. The lowest BCUT2D eigenvalue weighted by molar-refractivity contribution is 0.407. The summed E-state index contributed by atoms with van der Waals surface area (Å²) in [6.45, 7) is 7.94. The van der Waals surface area contributed by atoms with Crippen molar-refractivity contribution in [2.45, 2.75) is 12.0 Å². The summed E-state index contributed by atoms with van der Waals surface area (Å²) in [6.07, 6.45) is 1.74. The number of hydrogen-bond donors (Lipinski definition) is 1. The summed E-state index contributed by atoms with van der Waals surface area (Å²) in [6, 6.07) is 14.9. The zero-order chi connectivity index (χ0) is 18.8.